The van der Waals surface area contributed by atoms with E-state index in [1.54, 1.807) is 13.4 Å². The predicted octanol–water partition coefficient (Wildman–Crippen LogP) is 1.38. The highest BCUT2D eigenvalue weighted by Gasteiger charge is 2.08. The van der Waals surface area contributed by atoms with E-state index in [4.69, 9.17) is 16.8 Å². The first kappa shape index (κ1) is 9.51. The van der Waals surface area contributed by atoms with Crippen LogP contribution >= 0.6 is 11.6 Å². The summed E-state index contributed by atoms with van der Waals surface area (Å²) in [5, 5.41) is 10.5. The van der Waals surface area contributed by atoms with Crippen molar-refractivity contribution in [3.05, 3.63) is 17.2 Å². The van der Waals surface area contributed by atoms with E-state index in [1.165, 1.54) is 0 Å². The molecule has 0 spiro atoms. The van der Waals surface area contributed by atoms with E-state index in [0.29, 0.717) is 11.7 Å². The van der Waals surface area contributed by atoms with E-state index in [9.17, 15) is 0 Å². The Morgan fingerprint density at radius 3 is 2.92 bits per heavy atom. The van der Waals surface area contributed by atoms with Gasteiger partial charge in [-0.25, -0.2) is 4.98 Å². The van der Waals surface area contributed by atoms with E-state index < -0.39 is 0 Å². The molecule has 1 rings (SSSR count). The molecule has 0 saturated heterocycles. The summed E-state index contributed by atoms with van der Waals surface area (Å²) in [5.74, 6) is 0. The second kappa shape index (κ2) is 3.89. The van der Waals surface area contributed by atoms with Gasteiger partial charge in [0, 0.05) is 13.6 Å². The number of nitrogens with zero attached hydrogens (tertiary/aromatic N) is 3. The number of hydrogen-bond acceptors (Lipinski definition) is 3. The number of aromatic nitrogens is 2. The fourth-order valence-corrected chi connectivity index (χ4v) is 1.24. The molecular formula is C7H12ClN3O. The van der Waals surface area contributed by atoms with Gasteiger partial charge in [0.15, 0.2) is 5.15 Å². The van der Waals surface area contributed by atoms with Gasteiger partial charge in [0.2, 0.25) is 0 Å². The fourth-order valence-electron chi connectivity index (χ4n) is 1.03. The van der Waals surface area contributed by atoms with Crippen molar-refractivity contribution >= 4 is 11.6 Å². The lowest BCUT2D eigenvalue weighted by atomic mass is 10.4. The number of aryl methyl sites for hydroxylation is 1. The molecule has 4 nitrogen and oxygen atoms in total. The summed E-state index contributed by atoms with van der Waals surface area (Å²) in [6.07, 6.45) is 1.67. The molecule has 12 heavy (non-hydrogen) atoms. The van der Waals surface area contributed by atoms with Crippen LogP contribution < -0.4 is 0 Å². The van der Waals surface area contributed by atoms with Gasteiger partial charge in [-0.15, -0.1) is 0 Å². The molecule has 0 aromatic carbocycles. The number of hydroxylamine groups is 2. The third-order valence-corrected chi connectivity index (χ3v) is 1.93. The molecule has 1 aromatic rings. The molecule has 0 aliphatic heterocycles. The van der Waals surface area contributed by atoms with Crippen molar-refractivity contribution in [1.82, 2.24) is 14.6 Å². The lowest BCUT2D eigenvalue weighted by molar-refractivity contribution is -0.0747. The SMILES string of the molecule is CCn1cnc(Cl)c1CN(C)O. The van der Waals surface area contributed by atoms with Crippen molar-refractivity contribution in [3.63, 3.8) is 0 Å². The molecule has 0 atom stereocenters. The Balaban J connectivity index is 2.86. The van der Waals surface area contributed by atoms with Gasteiger partial charge < -0.3 is 9.77 Å². The minimum atomic E-state index is 0.396. The first-order valence-electron chi connectivity index (χ1n) is 3.74. The molecule has 1 heterocycles. The van der Waals surface area contributed by atoms with Crippen LogP contribution in [-0.4, -0.2) is 26.9 Å². The number of halogens is 1. The lowest BCUT2D eigenvalue weighted by Crippen LogP contribution is -2.15. The van der Waals surface area contributed by atoms with E-state index in [2.05, 4.69) is 4.98 Å². The molecule has 0 fully saturated rings. The zero-order valence-electron chi connectivity index (χ0n) is 7.16. The van der Waals surface area contributed by atoms with Crippen LogP contribution in [0, 0.1) is 0 Å². The van der Waals surface area contributed by atoms with Crippen LogP contribution in [0.4, 0.5) is 0 Å². The van der Waals surface area contributed by atoms with Gasteiger partial charge in [-0.05, 0) is 6.92 Å². The Morgan fingerprint density at radius 2 is 2.42 bits per heavy atom. The monoisotopic (exact) mass is 189 g/mol. The zero-order chi connectivity index (χ0) is 9.14. The molecule has 0 saturated carbocycles. The second-order valence-electron chi connectivity index (χ2n) is 2.58. The maximum absolute atomic E-state index is 9.00. The van der Waals surface area contributed by atoms with Crippen LogP contribution in [0.5, 0.6) is 0 Å². The highest BCUT2D eigenvalue weighted by Crippen LogP contribution is 2.14. The van der Waals surface area contributed by atoms with Gasteiger partial charge in [-0.1, -0.05) is 11.6 Å². The Hall–Kier alpha value is -0.580. The number of imidazole rings is 1. The molecule has 0 radical (unpaired) electrons. The minimum absolute atomic E-state index is 0.396. The summed E-state index contributed by atoms with van der Waals surface area (Å²) in [6, 6.07) is 0. The summed E-state index contributed by atoms with van der Waals surface area (Å²) in [6.45, 7) is 3.20. The summed E-state index contributed by atoms with van der Waals surface area (Å²) in [7, 11) is 1.57. The molecule has 1 N–H and O–H groups in total. The van der Waals surface area contributed by atoms with Gasteiger partial charge in [0.1, 0.15) is 0 Å². The molecule has 0 bridgehead atoms. The second-order valence-corrected chi connectivity index (χ2v) is 2.94. The molecule has 0 aliphatic rings. The van der Waals surface area contributed by atoms with Gasteiger partial charge in [-0.3, -0.25) is 0 Å². The lowest BCUT2D eigenvalue weighted by Gasteiger charge is -2.09. The average molecular weight is 190 g/mol. The quantitative estimate of drug-likeness (QED) is 0.731. The molecular weight excluding hydrogens is 178 g/mol. The molecule has 5 heteroatoms. The molecule has 68 valence electrons. The maximum Gasteiger partial charge on any atom is 0.151 e. The average Bonchev–Trinajstić information content (AvgIpc) is 2.32. The van der Waals surface area contributed by atoms with E-state index in [1.807, 2.05) is 11.5 Å². The van der Waals surface area contributed by atoms with Crippen LogP contribution in [0.3, 0.4) is 0 Å². The zero-order valence-corrected chi connectivity index (χ0v) is 7.91. The van der Waals surface area contributed by atoms with Crippen molar-refractivity contribution in [1.29, 1.82) is 0 Å². The standard InChI is InChI=1S/C7H12ClN3O/c1-3-11-5-9-7(8)6(11)4-10(2)12/h5,12H,3-4H2,1-2H3. The van der Waals surface area contributed by atoms with Crippen LogP contribution in [-0.2, 0) is 13.1 Å². The molecule has 0 unspecified atom stereocenters. The Bertz CT molecular complexity index is 259. The fraction of sp³-hybridized carbons (Fsp3) is 0.571. The molecule has 1 aromatic heterocycles. The molecule has 0 amide bonds. The smallest absolute Gasteiger partial charge is 0.151 e. The summed E-state index contributed by atoms with van der Waals surface area (Å²) in [5.41, 5.74) is 0.837. The van der Waals surface area contributed by atoms with Crippen molar-refractivity contribution in [2.45, 2.75) is 20.0 Å². The van der Waals surface area contributed by atoms with Crippen LogP contribution in [0.2, 0.25) is 5.15 Å². The highest BCUT2D eigenvalue weighted by atomic mass is 35.5. The predicted molar refractivity (Wildman–Crippen MR) is 46.2 cm³/mol. The number of hydrogen-bond donors (Lipinski definition) is 1. The van der Waals surface area contributed by atoms with Crippen LogP contribution in [0.1, 0.15) is 12.6 Å². The first-order chi connectivity index (χ1) is 5.65. The summed E-state index contributed by atoms with van der Waals surface area (Å²) < 4.78 is 1.90. The largest absolute Gasteiger partial charge is 0.332 e. The van der Waals surface area contributed by atoms with Crippen molar-refractivity contribution < 1.29 is 5.21 Å². The van der Waals surface area contributed by atoms with E-state index in [0.717, 1.165) is 17.3 Å². The van der Waals surface area contributed by atoms with Crippen molar-refractivity contribution in [2.75, 3.05) is 7.05 Å². The Kier molecular flexibility index (Phi) is 3.08. The maximum atomic E-state index is 9.00. The summed E-state index contributed by atoms with van der Waals surface area (Å²) in [4.78, 5) is 3.93. The van der Waals surface area contributed by atoms with Gasteiger partial charge >= 0.3 is 0 Å². The van der Waals surface area contributed by atoms with Crippen molar-refractivity contribution in [2.24, 2.45) is 0 Å². The van der Waals surface area contributed by atoms with Gasteiger partial charge in [0.05, 0.1) is 18.6 Å². The topological polar surface area (TPSA) is 41.3 Å². The number of rotatable bonds is 3. The third-order valence-electron chi connectivity index (χ3n) is 1.61. The third kappa shape index (κ3) is 1.97. The van der Waals surface area contributed by atoms with Gasteiger partial charge in [0.25, 0.3) is 0 Å². The first-order valence-corrected chi connectivity index (χ1v) is 4.12. The Labute approximate surface area is 76.3 Å². The van der Waals surface area contributed by atoms with Crippen LogP contribution in [0.25, 0.3) is 0 Å². The Morgan fingerprint density at radius 1 is 1.75 bits per heavy atom. The highest BCUT2D eigenvalue weighted by molar-refractivity contribution is 6.30. The molecule has 0 aliphatic carbocycles. The van der Waals surface area contributed by atoms with E-state index >= 15 is 0 Å². The van der Waals surface area contributed by atoms with E-state index in [-0.39, 0.29) is 0 Å². The van der Waals surface area contributed by atoms with Crippen molar-refractivity contribution in [3.8, 4) is 0 Å². The van der Waals surface area contributed by atoms with Crippen LogP contribution in [0.15, 0.2) is 6.33 Å². The normalized spacial score (nSPS) is 11.1. The van der Waals surface area contributed by atoms with Gasteiger partial charge in [-0.2, -0.15) is 5.06 Å². The minimum Gasteiger partial charge on any atom is -0.332 e. The summed E-state index contributed by atoms with van der Waals surface area (Å²) >= 11 is 5.80.